The molecule has 1 amide bonds. The van der Waals surface area contributed by atoms with Gasteiger partial charge in [-0.1, -0.05) is 18.2 Å². The second-order valence-corrected chi connectivity index (χ2v) is 7.74. The quantitative estimate of drug-likeness (QED) is 0.900. The second-order valence-electron chi connectivity index (χ2n) is 7.74. The van der Waals surface area contributed by atoms with Crippen molar-refractivity contribution in [2.45, 2.75) is 51.1 Å². The van der Waals surface area contributed by atoms with Crippen molar-refractivity contribution in [2.24, 2.45) is 7.05 Å². The Morgan fingerprint density at radius 1 is 1.26 bits per heavy atom. The summed E-state index contributed by atoms with van der Waals surface area (Å²) in [7, 11) is 1.86. The van der Waals surface area contributed by atoms with Gasteiger partial charge in [-0.15, -0.1) is 0 Å². The molecule has 27 heavy (non-hydrogen) atoms. The molecule has 1 aliphatic carbocycles. The lowest BCUT2D eigenvalue weighted by molar-refractivity contribution is 0.0889. The molecule has 0 bridgehead atoms. The Kier molecular flexibility index (Phi) is 5.25. The summed E-state index contributed by atoms with van der Waals surface area (Å²) in [6.07, 6.45) is 6.15. The van der Waals surface area contributed by atoms with E-state index < -0.39 is 0 Å². The van der Waals surface area contributed by atoms with Gasteiger partial charge in [-0.25, -0.2) is 4.39 Å². The SMILES string of the molecule is Cn1nc2c(c1C(=O)N[C@@H]1CCCN(Cc3ccccc3F)C1)CCCC2. The van der Waals surface area contributed by atoms with Crippen LogP contribution in [0.3, 0.4) is 0 Å². The molecule has 1 aromatic heterocycles. The van der Waals surface area contributed by atoms with Gasteiger partial charge in [0.05, 0.1) is 5.69 Å². The second kappa shape index (κ2) is 7.80. The third-order valence-corrected chi connectivity index (χ3v) is 5.73. The standard InChI is InChI=1S/C21H27FN4O/c1-25-20(17-9-3-5-11-19(17)24-25)21(27)23-16-8-6-12-26(14-16)13-15-7-2-4-10-18(15)22/h2,4,7,10,16H,3,5-6,8-9,11-14H2,1H3,(H,23,27)/t16-/m1/s1. The van der Waals surface area contributed by atoms with E-state index in [1.807, 2.05) is 19.2 Å². The molecule has 0 unspecified atom stereocenters. The number of nitrogens with one attached hydrogen (secondary N) is 1. The van der Waals surface area contributed by atoms with Crippen LogP contribution in [0.4, 0.5) is 4.39 Å². The molecule has 1 atom stereocenters. The summed E-state index contributed by atoms with van der Waals surface area (Å²) >= 11 is 0. The molecule has 1 fully saturated rings. The van der Waals surface area contributed by atoms with E-state index in [0.717, 1.165) is 68.6 Å². The molecule has 2 aliphatic rings. The molecule has 144 valence electrons. The number of aryl methyl sites for hydroxylation is 2. The number of nitrogens with zero attached hydrogens (tertiary/aromatic N) is 3. The summed E-state index contributed by atoms with van der Waals surface area (Å²) in [5, 5.41) is 7.76. The van der Waals surface area contributed by atoms with Crippen LogP contribution in [0, 0.1) is 5.82 Å². The van der Waals surface area contributed by atoms with Crippen LogP contribution in [0.5, 0.6) is 0 Å². The van der Waals surface area contributed by atoms with Crippen molar-refractivity contribution in [1.29, 1.82) is 0 Å². The Hall–Kier alpha value is -2.21. The number of hydrogen-bond donors (Lipinski definition) is 1. The van der Waals surface area contributed by atoms with E-state index in [0.29, 0.717) is 12.1 Å². The largest absolute Gasteiger partial charge is 0.347 e. The van der Waals surface area contributed by atoms with Crippen molar-refractivity contribution in [3.63, 3.8) is 0 Å². The van der Waals surface area contributed by atoms with Crippen molar-refractivity contribution < 1.29 is 9.18 Å². The number of likely N-dealkylation sites (tertiary alicyclic amines) is 1. The minimum Gasteiger partial charge on any atom is -0.347 e. The summed E-state index contributed by atoms with van der Waals surface area (Å²) in [5.41, 5.74) is 3.64. The highest BCUT2D eigenvalue weighted by molar-refractivity contribution is 5.94. The van der Waals surface area contributed by atoms with Gasteiger partial charge >= 0.3 is 0 Å². The average molecular weight is 370 g/mol. The van der Waals surface area contributed by atoms with Gasteiger partial charge in [0.25, 0.3) is 5.91 Å². The summed E-state index contributed by atoms with van der Waals surface area (Å²) < 4.78 is 15.7. The number of fused-ring (bicyclic) bond motifs is 1. The first-order chi connectivity index (χ1) is 13.1. The zero-order valence-electron chi connectivity index (χ0n) is 15.9. The number of aromatic nitrogens is 2. The van der Waals surface area contributed by atoms with E-state index in [1.165, 1.54) is 6.07 Å². The molecule has 0 saturated carbocycles. The van der Waals surface area contributed by atoms with Crippen LogP contribution in [0.2, 0.25) is 0 Å². The molecule has 1 aromatic carbocycles. The number of rotatable bonds is 4. The van der Waals surface area contributed by atoms with Crippen molar-refractivity contribution in [3.8, 4) is 0 Å². The highest BCUT2D eigenvalue weighted by atomic mass is 19.1. The van der Waals surface area contributed by atoms with Gasteiger partial charge in [-0.3, -0.25) is 14.4 Å². The van der Waals surface area contributed by atoms with Crippen LogP contribution in [-0.2, 0) is 26.4 Å². The Morgan fingerprint density at radius 3 is 2.93 bits per heavy atom. The normalized spacial score (nSPS) is 20.3. The summed E-state index contributed by atoms with van der Waals surface area (Å²) in [5.74, 6) is -0.184. The first-order valence-corrected chi connectivity index (χ1v) is 9.93. The van der Waals surface area contributed by atoms with Gasteiger partial charge in [0.15, 0.2) is 0 Å². The molecular formula is C21H27FN4O. The van der Waals surface area contributed by atoms with Crippen LogP contribution in [0.15, 0.2) is 24.3 Å². The Labute approximate surface area is 159 Å². The average Bonchev–Trinajstić information content (AvgIpc) is 3.00. The Balaban J connectivity index is 1.42. The van der Waals surface area contributed by atoms with Gasteiger partial charge < -0.3 is 5.32 Å². The molecule has 0 spiro atoms. The third-order valence-electron chi connectivity index (χ3n) is 5.73. The fraction of sp³-hybridized carbons (Fsp3) is 0.524. The summed E-state index contributed by atoms with van der Waals surface area (Å²) in [6.45, 7) is 2.27. The molecule has 2 heterocycles. The Morgan fingerprint density at radius 2 is 2.07 bits per heavy atom. The van der Waals surface area contributed by atoms with E-state index in [1.54, 1.807) is 10.7 Å². The fourth-order valence-electron chi connectivity index (χ4n) is 4.40. The molecular weight excluding hydrogens is 343 g/mol. The minimum atomic E-state index is -0.162. The predicted molar refractivity (Wildman–Crippen MR) is 102 cm³/mol. The zero-order chi connectivity index (χ0) is 18.8. The number of piperidine rings is 1. The van der Waals surface area contributed by atoms with E-state index in [4.69, 9.17) is 0 Å². The molecule has 5 nitrogen and oxygen atoms in total. The van der Waals surface area contributed by atoms with E-state index in [9.17, 15) is 9.18 Å². The predicted octanol–water partition coefficient (Wildman–Crippen LogP) is 2.83. The van der Waals surface area contributed by atoms with Gasteiger partial charge in [0.1, 0.15) is 11.5 Å². The number of carbonyl (C=O) groups is 1. The first-order valence-electron chi connectivity index (χ1n) is 9.93. The van der Waals surface area contributed by atoms with Gasteiger partial charge in [0, 0.05) is 37.3 Å². The number of carbonyl (C=O) groups excluding carboxylic acids is 1. The molecule has 0 radical (unpaired) electrons. The van der Waals surface area contributed by atoms with Gasteiger partial charge in [-0.2, -0.15) is 5.10 Å². The van der Waals surface area contributed by atoms with Crippen LogP contribution in [0.1, 0.15) is 53.0 Å². The molecule has 1 N–H and O–H groups in total. The van der Waals surface area contributed by atoms with Crippen LogP contribution < -0.4 is 5.32 Å². The van der Waals surface area contributed by atoms with Crippen LogP contribution in [-0.4, -0.2) is 39.7 Å². The maximum Gasteiger partial charge on any atom is 0.270 e. The highest BCUT2D eigenvalue weighted by Gasteiger charge is 2.27. The van der Waals surface area contributed by atoms with Crippen LogP contribution >= 0.6 is 0 Å². The maximum atomic E-state index is 13.9. The molecule has 6 heteroatoms. The number of hydrogen-bond acceptors (Lipinski definition) is 3. The number of amides is 1. The third kappa shape index (κ3) is 3.90. The minimum absolute atomic E-state index is 0.0223. The number of halogens is 1. The highest BCUT2D eigenvalue weighted by Crippen LogP contribution is 2.24. The van der Waals surface area contributed by atoms with Crippen LogP contribution in [0.25, 0.3) is 0 Å². The smallest absolute Gasteiger partial charge is 0.270 e. The van der Waals surface area contributed by atoms with Crippen molar-refractivity contribution in [1.82, 2.24) is 20.0 Å². The lowest BCUT2D eigenvalue weighted by Crippen LogP contribution is -2.47. The van der Waals surface area contributed by atoms with Gasteiger partial charge in [0.2, 0.25) is 0 Å². The summed E-state index contributed by atoms with van der Waals surface area (Å²) in [4.78, 5) is 15.2. The van der Waals surface area contributed by atoms with E-state index in [2.05, 4.69) is 15.3 Å². The van der Waals surface area contributed by atoms with E-state index in [-0.39, 0.29) is 17.8 Å². The van der Waals surface area contributed by atoms with E-state index >= 15 is 0 Å². The lowest BCUT2D eigenvalue weighted by Gasteiger charge is -2.33. The van der Waals surface area contributed by atoms with Crippen molar-refractivity contribution in [2.75, 3.05) is 13.1 Å². The number of benzene rings is 1. The monoisotopic (exact) mass is 370 g/mol. The first kappa shape index (κ1) is 18.2. The molecule has 1 aliphatic heterocycles. The Bertz CT molecular complexity index is 832. The van der Waals surface area contributed by atoms with Gasteiger partial charge in [-0.05, 0) is 51.1 Å². The maximum absolute atomic E-state index is 13.9. The fourth-order valence-corrected chi connectivity index (χ4v) is 4.40. The zero-order valence-corrected chi connectivity index (χ0v) is 15.9. The summed E-state index contributed by atoms with van der Waals surface area (Å²) in [6, 6.07) is 7.01. The topological polar surface area (TPSA) is 50.2 Å². The lowest BCUT2D eigenvalue weighted by atomic mass is 9.95. The molecule has 2 aromatic rings. The molecule has 4 rings (SSSR count). The molecule has 1 saturated heterocycles. The van der Waals surface area contributed by atoms with Crippen molar-refractivity contribution in [3.05, 3.63) is 52.6 Å². The van der Waals surface area contributed by atoms with Crippen molar-refractivity contribution >= 4 is 5.91 Å².